The Morgan fingerprint density at radius 2 is 1.52 bits per heavy atom. The summed E-state index contributed by atoms with van der Waals surface area (Å²) in [5.41, 5.74) is 2.60. The van der Waals surface area contributed by atoms with Gasteiger partial charge >= 0.3 is 0 Å². The molecule has 0 saturated carbocycles. The number of hydrogen-bond acceptors (Lipinski definition) is 3. The van der Waals surface area contributed by atoms with Crippen LogP contribution in [0.3, 0.4) is 0 Å². The number of ether oxygens (including phenoxy) is 1. The second kappa shape index (κ2) is 9.38. The lowest BCUT2D eigenvalue weighted by atomic mass is 10.2. The summed E-state index contributed by atoms with van der Waals surface area (Å²) in [5, 5.41) is 5.93. The summed E-state index contributed by atoms with van der Waals surface area (Å²) in [6, 6.07) is 23.3. The van der Waals surface area contributed by atoms with Crippen LogP contribution in [0.5, 0.6) is 5.75 Å². The summed E-state index contributed by atoms with van der Waals surface area (Å²) in [6.45, 7) is 0.970. The number of rotatable bonds is 8. The van der Waals surface area contributed by atoms with Gasteiger partial charge in [0.1, 0.15) is 18.2 Å². The molecule has 3 aromatic carbocycles. The van der Waals surface area contributed by atoms with Crippen molar-refractivity contribution >= 4 is 17.3 Å². The van der Waals surface area contributed by atoms with E-state index in [4.69, 9.17) is 4.74 Å². The maximum absolute atomic E-state index is 12.8. The molecule has 3 aromatic rings. The highest BCUT2D eigenvalue weighted by Crippen LogP contribution is 2.17. The third-order valence-electron chi connectivity index (χ3n) is 3.91. The highest BCUT2D eigenvalue weighted by molar-refractivity contribution is 5.91. The molecule has 0 unspecified atom stereocenters. The number of amides is 1. The molecule has 0 heterocycles. The van der Waals surface area contributed by atoms with Gasteiger partial charge in [0.25, 0.3) is 0 Å². The average molecular weight is 364 g/mol. The van der Waals surface area contributed by atoms with Gasteiger partial charge in [-0.15, -0.1) is 0 Å². The van der Waals surface area contributed by atoms with E-state index >= 15 is 0 Å². The largest absolute Gasteiger partial charge is 0.489 e. The van der Waals surface area contributed by atoms with Crippen LogP contribution in [0.2, 0.25) is 0 Å². The topological polar surface area (TPSA) is 50.4 Å². The van der Waals surface area contributed by atoms with Crippen molar-refractivity contribution in [3.05, 3.63) is 90.2 Å². The van der Waals surface area contributed by atoms with Gasteiger partial charge in [-0.05, 0) is 54.1 Å². The fourth-order valence-electron chi connectivity index (χ4n) is 2.49. The maximum Gasteiger partial charge on any atom is 0.226 e. The van der Waals surface area contributed by atoms with Crippen molar-refractivity contribution in [1.29, 1.82) is 0 Å². The lowest BCUT2D eigenvalue weighted by Gasteiger charge is -2.09. The van der Waals surface area contributed by atoms with Gasteiger partial charge in [-0.2, -0.15) is 0 Å². The zero-order valence-electron chi connectivity index (χ0n) is 14.8. The second-order valence-electron chi connectivity index (χ2n) is 6.03. The summed E-state index contributed by atoms with van der Waals surface area (Å²) >= 11 is 0. The first-order chi connectivity index (χ1) is 13.2. The van der Waals surface area contributed by atoms with Crippen LogP contribution in [0.15, 0.2) is 78.9 Å². The Kier molecular flexibility index (Phi) is 6.41. The van der Waals surface area contributed by atoms with Crippen LogP contribution in [0, 0.1) is 5.82 Å². The van der Waals surface area contributed by atoms with Crippen molar-refractivity contribution in [3.63, 3.8) is 0 Å². The Balaban J connectivity index is 1.40. The van der Waals surface area contributed by atoms with E-state index in [1.807, 2.05) is 54.6 Å². The highest BCUT2D eigenvalue weighted by Gasteiger charge is 2.03. The fourth-order valence-corrected chi connectivity index (χ4v) is 2.49. The molecule has 0 aliphatic rings. The van der Waals surface area contributed by atoms with Crippen LogP contribution in [-0.2, 0) is 11.4 Å². The van der Waals surface area contributed by atoms with E-state index in [0.717, 1.165) is 17.0 Å². The summed E-state index contributed by atoms with van der Waals surface area (Å²) in [4.78, 5) is 12.0. The third kappa shape index (κ3) is 6.15. The fraction of sp³-hybridized carbons (Fsp3) is 0.136. The van der Waals surface area contributed by atoms with E-state index in [9.17, 15) is 9.18 Å². The van der Waals surface area contributed by atoms with Gasteiger partial charge in [0, 0.05) is 24.3 Å². The minimum Gasteiger partial charge on any atom is -0.489 e. The number of carbonyl (C=O) groups is 1. The number of nitrogens with one attached hydrogen (secondary N) is 2. The molecule has 5 heteroatoms. The number of anilines is 2. The Labute approximate surface area is 158 Å². The van der Waals surface area contributed by atoms with Crippen molar-refractivity contribution in [3.8, 4) is 5.75 Å². The lowest BCUT2D eigenvalue weighted by molar-refractivity contribution is -0.115. The van der Waals surface area contributed by atoms with E-state index in [2.05, 4.69) is 10.6 Å². The molecule has 0 bridgehead atoms. The Bertz CT molecular complexity index is 850. The summed E-state index contributed by atoms with van der Waals surface area (Å²) < 4.78 is 18.6. The minimum atomic E-state index is -0.283. The second-order valence-corrected chi connectivity index (χ2v) is 6.03. The standard InChI is InChI=1S/C22H21FN2O2/c23-18-6-8-19(9-7-18)24-15-14-22(26)25-20-10-12-21(13-11-20)27-16-17-4-2-1-3-5-17/h1-13,24H,14-16H2,(H,25,26). The number of carbonyl (C=O) groups excluding carboxylic acids is 1. The van der Waals surface area contributed by atoms with Crippen LogP contribution in [-0.4, -0.2) is 12.5 Å². The SMILES string of the molecule is O=C(CCNc1ccc(F)cc1)Nc1ccc(OCc2ccccc2)cc1. The van der Waals surface area contributed by atoms with Crippen LogP contribution in [0.1, 0.15) is 12.0 Å². The molecule has 0 fully saturated rings. The van der Waals surface area contributed by atoms with Gasteiger partial charge < -0.3 is 15.4 Å². The van der Waals surface area contributed by atoms with Crippen LogP contribution < -0.4 is 15.4 Å². The van der Waals surface area contributed by atoms with E-state index in [1.165, 1.54) is 12.1 Å². The predicted molar refractivity (Wildman–Crippen MR) is 105 cm³/mol. The molecule has 138 valence electrons. The molecule has 2 N–H and O–H groups in total. The molecule has 0 aliphatic carbocycles. The molecule has 0 aliphatic heterocycles. The molecule has 0 saturated heterocycles. The maximum atomic E-state index is 12.8. The van der Waals surface area contributed by atoms with E-state index in [1.54, 1.807) is 12.1 Å². The van der Waals surface area contributed by atoms with Crippen molar-refractivity contribution in [2.75, 3.05) is 17.2 Å². The average Bonchev–Trinajstić information content (AvgIpc) is 2.70. The first-order valence-corrected chi connectivity index (χ1v) is 8.75. The molecule has 0 atom stereocenters. The van der Waals surface area contributed by atoms with Crippen LogP contribution >= 0.6 is 0 Å². The Hall–Kier alpha value is -3.34. The minimum absolute atomic E-state index is 0.0948. The molecule has 3 rings (SSSR count). The molecule has 4 nitrogen and oxygen atoms in total. The summed E-state index contributed by atoms with van der Waals surface area (Å²) in [6.07, 6.45) is 0.309. The molecular formula is C22H21FN2O2. The van der Waals surface area contributed by atoms with Gasteiger partial charge in [0.05, 0.1) is 0 Å². The van der Waals surface area contributed by atoms with Crippen LogP contribution in [0.25, 0.3) is 0 Å². The molecule has 0 aromatic heterocycles. The third-order valence-corrected chi connectivity index (χ3v) is 3.91. The first-order valence-electron chi connectivity index (χ1n) is 8.75. The smallest absolute Gasteiger partial charge is 0.226 e. The van der Waals surface area contributed by atoms with Crippen molar-refractivity contribution in [2.24, 2.45) is 0 Å². The quantitative estimate of drug-likeness (QED) is 0.601. The number of benzene rings is 3. The van der Waals surface area contributed by atoms with Gasteiger partial charge in [-0.25, -0.2) is 4.39 Å². The monoisotopic (exact) mass is 364 g/mol. The van der Waals surface area contributed by atoms with E-state index < -0.39 is 0 Å². The number of hydrogen-bond donors (Lipinski definition) is 2. The lowest BCUT2D eigenvalue weighted by Crippen LogP contribution is -2.16. The molecule has 1 amide bonds. The van der Waals surface area contributed by atoms with Gasteiger partial charge in [0.15, 0.2) is 0 Å². The van der Waals surface area contributed by atoms with Crippen molar-refractivity contribution in [2.45, 2.75) is 13.0 Å². The highest BCUT2D eigenvalue weighted by atomic mass is 19.1. The van der Waals surface area contributed by atoms with Gasteiger partial charge in [-0.1, -0.05) is 30.3 Å². The van der Waals surface area contributed by atoms with E-state index in [0.29, 0.717) is 25.3 Å². The normalized spacial score (nSPS) is 10.3. The zero-order chi connectivity index (χ0) is 18.9. The molecule has 0 radical (unpaired) electrons. The van der Waals surface area contributed by atoms with Crippen molar-refractivity contribution in [1.82, 2.24) is 0 Å². The van der Waals surface area contributed by atoms with Gasteiger partial charge in [-0.3, -0.25) is 4.79 Å². The molecular weight excluding hydrogens is 343 g/mol. The number of halogens is 1. The molecule has 27 heavy (non-hydrogen) atoms. The van der Waals surface area contributed by atoms with Crippen LogP contribution in [0.4, 0.5) is 15.8 Å². The first kappa shape index (κ1) is 18.5. The Morgan fingerprint density at radius 3 is 2.22 bits per heavy atom. The molecule has 0 spiro atoms. The van der Waals surface area contributed by atoms with Gasteiger partial charge in [0.2, 0.25) is 5.91 Å². The zero-order valence-corrected chi connectivity index (χ0v) is 14.8. The van der Waals surface area contributed by atoms with Crippen molar-refractivity contribution < 1.29 is 13.9 Å². The predicted octanol–water partition coefficient (Wildman–Crippen LogP) is 4.85. The van der Waals surface area contributed by atoms with E-state index in [-0.39, 0.29) is 11.7 Å². The Morgan fingerprint density at radius 1 is 0.852 bits per heavy atom. The summed E-state index contributed by atoms with van der Waals surface area (Å²) in [7, 11) is 0. The summed E-state index contributed by atoms with van der Waals surface area (Å²) in [5.74, 6) is 0.367.